The number of hydrogen-bond acceptors (Lipinski definition) is 5. The normalized spacial score (nSPS) is 10.8. The van der Waals surface area contributed by atoms with Gasteiger partial charge in [0.1, 0.15) is 0 Å². The molecule has 0 aliphatic carbocycles. The van der Waals surface area contributed by atoms with Gasteiger partial charge in [0.25, 0.3) is 17.1 Å². The maximum absolute atomic E-state index is 12.5. The summed E-state index contributed by atoms with van der Waals surface area (Å²) in [5.74, 6) is -0.242. The van der Waals surface area contributed by atoms with E-state index in [0.717, 1.165) is 9.36 Å². The van der Waals surface area contributed by atoms with Gasteiger partial charge in [0, 0.05) is 25.4 Å². The Labute approximate surface area is 123 Å². The van der Waals surface area contributed by atoms with Crippen LogP contribution in [-0.2, 0) is 4.79 Å². The minimum absolute atomic E-state index is 0.168. The molecule has 112 valence electrons. The lowest BCUT2D eigenvalue weighted by Gasteiger charge is -2.09. The summed E-state index contributed by atoms with van der Waals surface area (Å²) in [6.07, 6.45) is 3.01. The molecule has 0 bridgehead atoms. The van der Waals surface area contributed by atoms with E-state index in [9.17, 15) is 14.4 Å². The highest BCUT2D eigenvalue weighted by atomic mass is 16.2. The van der Waals surface area contributed by atoms with Gasteiger partial charge in [0.05, 0.1) is 16.6 Å². The van der Waals surface area contributed by atoms with Gasteiger partial charge in [0.15, 0.2) is 0 Å². The Kier molecular flexibility index (Phi) is 3.09. The fourth-order valence-electron chi connectivity index (χ4n) is 2.22. The van der Waals surface area contributed by atoms with E-state index in [1.165, 1.54) is 25.4 Å². The second-order valence-corrected chi connectivity index (χ2v) is 4.66. The summed E-state index contributed by atoms with van der Waals surface area (Å²) >= 11 is 0. The first kappa shape index (κ1) is 13.7. The molecule has 0 radical (unpaired) electrons. The van der Waals surface area contributed by atoms with Gasteiger partial charge in [-0.2, -0.15) is 4.68 Å². The van der Waals surface area contributed by atoms with Crippen molar-refractivity contribution in [3.05, 3.63) is 50.9 Å². The lowest BCUT2D eigenvalue weighted by Crippen LogP contribution is -2.33. The number of aromatic amines is 1. The molecule has 0 saturated carbocycles. The molecule has 3 heterocycles. The van der Waals surface area contributed by atoms with Crippen LogP contribution >= 0.6 is 0 Å². The average molecular weight is 300 g/mol. The molecule has 0 saturated heterocycles. The molecule has 3 aromatic rings. The minimum Gasteiger partial charge on any atom is -0.287 e. The van der Waals surface area contributed by atoms with E-state index in [1.54, 1.807) is 13.0 Å². The fourth-order valence-corrected chi connectivity index (χ4v) is 2.22. The summed E-state index contributed by atoms with van der Waals surface area (Å²) in [6, 6.07) is 2.86. The monoisotopic (exact) mass is 300 g/mol. The van der Waals surface area contributed by atoms with Crippen LogP contribution in [-0.4, -0.2) is 30.3 Å². The summed E-state index contributed by atoms with van der Waals surface area (Å²) in [5.41, 5.74) is 2.20. The van der Waals surface area contributed by atoms with Crippen LogP contribution in [0.2, 0.25) is 0 Å². The lowest BCUT2D eigenvalue weighted by atomic mass is 10.2. The molecular weight excluding hydrogens is 288 g/mol. The first-order valence-corrected chi connectivity index (χ1v) is 6.41. The Morgan fingerprint density at radius 3 is 2.59 bits per heavy atom. The number of H-pyrrole nitrogens is 1. The average Bonchev–Trinajstić information content (AvgIpc) is 2.81. The number of amides is 1. The second-order valence-electron chi connectivity index (χ2n) is 4.66. The molecule has 3 aromatic heterocycles. The van der Waals surface area contributed by atoms with Crippen LogP contribution in [0.5, 0.6) is 0 Å². The molecule has 0 aliphatic rings. The molecule has 22 heavy (non-hydrogen) atoms. The first-order valence-electron chi connectivity index (χ1n) is 6.41. The van der Waals surface area contributed by atoms with Gasteiger partial charge in [-0.05, 0) is 13.0 Å². The van der Waals surface area contributed by atoms with Gasteiger partial charge in [-0.3, -0.25) is 24.9 Å². The number of aryl methyl sites for hydroxylation is 1. The molecule has 0 aliphatic heterocycles. The third-order valence-electron chi connectivity index (χ3n) is 3.13. The summed E-state index contributed by atoms with van der Waals surface area (Å²) in [6.45, 7) is 2.86. The van der Waals surface area contributed by atoms with Gasteiger partial charge in [0.2, 0.25) is 5.91 Å². The molecule has 0 unspecified atom stereocenters. The SMILES string of the molecule is CC(=O)Nn1c(C)c2c(=O)n(-c3ncccn3)[nH]c2cc1=O. The van der Waals surface area contributed by atoms with E-state index in [-0.39, 0.29) is 11.3 Å². The lowest BCUT2D eigenvalue weighted by molar-refractivity contribution is -0.115. The van der Waals surface area contributed by atoms with Crippen LogP contribution in [0.15, 0.2) is 34.1 Å². The highest BCUT2D eigenvalue weighted by Gasteiger charge is 2.16. The van der Waals surface area contributed by atoms with Crippen molar-refractivity contribution in [2.24, 2.45) is 0 Å². The van der Waals surface area contributed by atoms with Crippen LogP contribution in [0.4, 0.5) is 0 Å². The second kappa shape index (κ2) is 4.95. The van der Waals surface area contributed by atoms with E-state index >= 15 is 0 Å². The molecule has 0 aromatic carbocycles. The van der Waals surface area contributed by atoms with Crippen LogP contribution in [0, 0.1) is 6.92 Å². The Balaban J connectivity index is 2.32. The first-order chi connectivity index (χ1) is 10.5. The molecule has 3 rings (SSSR count). The zero-order chi connectivity index (χ0) is 15.9. The predicted octanol–water partition coefficient (Wildman–Crippen LogP) is -0.331. The van der Waals surface area contributed by atoms with Gasteiger partial charge >= 0.3 is 0 Å². The molecule has 1 amide bonds. The summed E-state index contributed by atoms with van der Waals surface area (Å²) in [7, 11) is 0. The Bertz CT molecular complexity index is 983. The quantitative estimate of drug-likeness (QED) is 0.672. The van der Waals surface area contributed by atoms with E-state index in [1.807, 2.05) is 0 Å². The Hall–Kier alpha value is -3.23. The molecule has 2 N–H and O–H groups in total. The summed E-state index contributed by atoms with van der Waals surface area (Å²) in [5, 5.41) is 3.07. The van der Waals surface area contributed by atoms with E-state index in [2.05, 4.69) is 20.5 Å². The van der Waals surface area contributed by atoms with Gasteiger partial charge in [-0.15, -0.1) is 0 Å². The molecule has 0 fully saturated rings. The number of carbonyl (C=O) groups excluding carboxylic acids is 1. The number of nitrogens with one attached hydrogen (secondary N) is 2. The van der Waals surface area contributed by atoms with Crippen LogP contribution in [0.25, 0.3) is 16.9 Å². The number of fused-ring (bicyclic) bond motifs is 1. The zero-order valence-electron chi connectivity index (χ0n) is 11.8. The van der Waals surface area contributed by atoms with E-state index < -0.39 is 17.0 Å². The largest absolute Gasteiger partial charge is 0.287 e. The van der Waals surface area contributed by atoms with Crippen molar-refractivity contribution < 1.29 is 4.79 Å². The van der Waals surface area contributed by atoms with Crippen molar-refractivity contribution in [3.63, 3.8) is 0 Å². The number of rotatable bonds is 2. The summed E-state index contributed by atoms with van der Waals surface area (Å²) in [4.78, 5) is 43.7. The third-order valence-corrected chi connectivity index (χ3v) is 3.13. The van der Waals surface area contributed by atoms with E-state index in [4.69, 9.17) is 0 Å². The molecule has 0 atom stereocenters. The predicted molar refractivity (Wildman–Crippen MR) is 78.5 cm³/mol. The van der Waals surface area contributed by atoms with Gasteiger partial charge in [-0.25, -0.2) is 14.6 Å². The molecule has 0 spiro atoms. The summed E-state index contributed by atoms with van der Waals surface area (Å²) < 4.78 is 2.19. The van der Waals surface area contributed by atoms with Gasteiger partial charge < -0.3 is 0 Å². The maximum atomic E-state index is 12.5. The van der Waals surface area contributed by atoms with E-state index in [0.29, 0.717) is 11.2 Å². The number of pyridine rings is 1. The molecular formula is C13H12N6O3. The number of carbonyl (C=O) groups is 1. The minimum atomic E-state index is -0.456. The number of hydrogen-bond donors (Lipinski definition) is 2. The van der Waals surface area contributed by atoms with Crippen molar-refractivity contribution in [2.45, 2.75) is 13.8 Å². The van der Waals surface area contributed by atoms with Gasteiger partial charge in [-0.1, -0.05) is 0 Å². The van der Waals surface area contributed by atoms with Crippen molar-refractivity contribution in [1.29, 1.82) is 0 Å². The van der Waals surface area contributed by atoms with Crippen LogP contribution in [0.3, 0.4) is 0 Å². The van der Waals surface area contributed by atoms with Crippen molar-refractivity contribution in [2.75, 3.05) is 5.43 Å². The molecule has 9 nitrogen and oxygen atoms in total. The van der Waals surface area contributed by atoms with Crippen LogP contribution in [0.1, 0.15) is 12.6 Å². The maximum Gasteiger partial charge on any atom is 0.283 e. The topological polar surface area (TPSA) is 115 Å². The zero-order valence-corrected chi connectivity index (χ0v) is 11.8. The Morgan fingerprint density at radius 1 is 1.27 bits per heavy atom. The number of aromatic nitrogens is 5. The number of nitrogens with zero attached hydrogens (tertiary/aromatic N) is 4. The van der Waals surface area contributed by atoms with Crippen molar-refractivity contribution in [3.8, 4) is 5.95 Å². The molecule has 9 heteroatoms. The smallest absolute Gasteiger partial charge is 0.283 e. The van der Waals surface area contributed by atoms with Crippen molar-refractivity contribution >= 4 is 16.8 Å². The van der Waals surface area contributed by atoms with Crippen LogP contribution < -0.4 is 16.5 Å². The highest BCUT2D eigenvalue weighted by Crippen LogP contribution is 2.10. The fraction of sp³-hybridized carbons (Fsp3) is 0.154. The highest BCUT2D eigenvalue weighted by molar-refractivity contribution is 5.84. The Morgan fingerprint density at radius 2 is 1.95 bits per heavy atom. The van der Waals surface area contributed by atoms with Crippen molar-refractivity contribution in [1.82, 2.24) is 24.4 Å². The standard InChI is InChI=1S/C13H12N6O3/c1-7-11-9(6-10(21)18(7)16-8(2)20)17-19(12(11)22)13-14-4-3-5-15-13/h3-6,17H,1-2H3,(H,16,20). The third kappa shape index (κ3) is 2.08.